The van der Waals surface area contributed by atoms with Gasteiger partial charge in [0.05, 0.1) is 0 Å². The molecule has 3 aliphatic rings. The quantitative estimate of drug-likeness (QED) is 0.586. The van der Waals surface area contributed by atoms with E-state index in [1.54, 1.807) is 6.92 Å². The van der Waals surface area contributed by atoms with Gasteiger partial charge in [0.25, 0.3) is 0 Å². The van der Waals surface area contributed by atoms with E-state index < -0.39 is 0 Å². The zero-order valence-corrected chi connectivity index (χ0v) is 9.79. The smallest absolute Gasteiger partial charge is 0.219 e. The third kappa shape index (κ3) is 2.08. The van der Waals surface area contributed by atoms with Crippen molar-refractivity contribution in [3.8, 4) is 0 Å². The summed E-state index contributed by atoms with van der Waals surface area (Å²) in [6.45, 7) is 7.71. The lowest BCUT2D eigenvalue weighted by molar-refractivity contribution is -0.138. The van der Waals surface area contributed by atoms with Gasteiger partial charge in [-0.15, -0.1) is 0 Å². The molecule has 3 saturated heterocycles. The summed E-state index contributed by atoms with van der Waals surface area (Å²) in [4.78, 5) is 15.6. The molecule has 0 aromatic heterocycles. The number of rotatable bonds is 0. The van der Waals surface area contributed by atoms with Crippen LogP contribution in [0.15, 0.2) is 0 Å². The molecule has 0 aromatic rings. The first-order chi connectivity index (χ1) is 6.68. The van der Waals surface area contributed by atoms with Crippen LogP contribution in [0.1, 0.15) is 33.6 Å². The number of piperazine rings is 1. The summed E-state index contributed by atoms with van der Waals surface area (Å²) in [6.07, 6.45) is 2.47. The summed E-state index contributed by atoms with van der Waals surface area (Å²) >= 11 is 0. The number of hydrogen-bond donors (Lipinski definition) is 0. The molecule has 3 rings (SSSR count). The SMILES string of the molecule is CC.CC(=O)N1CC2CCC1CN2C. The lowest BCUT2D eigenvalue weighted by Gasteiger charge is -2.50. The van der Waals surface area contributed by atoms with E-state index in [0.29, 0.717) is 12.1 Å². The van der Waals surface area contributed by atoms with E-state index in [1.807, 2.05) is 18.7 Å². The van der Waals surface area contributed by atoms with Crippen LogP contribution in [0.4, 0.5) is 0 Å². The molecule has 0 aromatic carbocycles. The van der Waals surface area contributed by atoms with Gasteiger partial charge in [-0.1, -0.05) is 13.8 Å². The number of piperidine rings is 2. The van der Waals surface area contributed by atoms with E-state index in [9.17, 15) is 4.79 Å². The Morgan fingerprint density at radius 1 is 1.14 bits per heavy atom. The molecule has 1 amide bonds. The van der Waals surface area contributed by atoms with Crippen LogP contribution in [0.2, 0.25) is 0 Å². The molecule has 82 valence electrons. The Bertz CT molecular complexity index is 205. The first kappa shape index (κ1) is 11.5. The standard InChI is InChI=1S/C9H16N2O.C2H6/c1-7(12)11-6-8-3-4-9(11)5-10(8)2;1-2/h8-9H,3-6H2,1-2H3;1-2H3. The molecular formula is C11H22N2O. The number of fused-ring (bicyclic) bond motifs is 3. The number of likely N-dealkylation sites (N-methyl/N-ethyl adjacent to an activating group) is 1. The molecule has 0 saturated carbocycles. The minimum atomic E-state index is 0.248. The van der Waals surface area contributed by atoms with Crippen LogP contribution in [0.25, 0.3) is 0 Å². The van der Waals surface area contributed by atoms with Crippen LogP contribution < -0.4 is 0 Å². The molecule has 0 spiro atoms. The molecule has 0 radical (unpaired) electrons. The Kier molecular flexibility index (Phi) is 3.93. The normalized spacial score (nSPS) is 31.0. The maximum atomic E-state index is 11.2. The van der Waals surface area contributed by atoms with E-state index in [0.717, 1.165) is 13.1 Å². The van der Waals surface area contributed by atoms with Crippen LogP contribution in [0.5, 0.6) is 0 Å². The third-order valence-electron chi connectivity index (χ3n) is 3.21. The van der Waals surface area contributed by atoms with Crippen molar-refractivity contribution in [1.82, 2.24) is 9.80 Å². The summed E-state index contributed by atoms with van der Waals surface area (Å²) in [5, 5.41) is 0. The average molecular weight is 198 g/mol. The largest absolute Gasteiger partial charge is 0.337 e. The number of amides is 1. The average Bonchev–Trinajstić information content (AvgIpc) is 2.21. The van der Waals surface area contributed by atoms with Crippen molar-refractivity contribution in [2.24, 2.45) is 0 Å². The molecule has 3 fully saturated rings. The topological polar surface area (TPSA) is 23.6 Å². The van der Waals surface area contributed by atoms with Crippen molar-refractivity contribution in [2.45, 2.75) is 45.7 Å². The fraction of sp³-hybridized carbons (Fsp3) is 0.909. The highest BCUT2D eigenvalue weighted by atomic mass is 16.2. The fourth-order valence-electron chi connectivity index (χ4n) is 2.42. The van der Waals surface area contributed by atoms with Crippen LogP contribution in [0.3, 0.4) is 0 Å². The van der Waals surface area contributed by atoms with Crippen LogP contribution in [-0.2, 0) is 4.79 Å². The zero-order valence-electron chi connectivity index (χ0n) is 9.79. The summed E-state index contributed by atoms with van der Waals surface area (Å²) in [6, 6.07) is 1.12. The number of nitrogens with zero attached hydrogens (tertiary/aromatic N) is 2. The Morgan fingerprint density at radius 3 is 2.07 bits per heavy atom. The monoisotopic (exact) mass is 198 g/mol. The van der Waals surface area contributed by atoms with Crippen LogP contribution in [0, 0.1) is 0 Å². The Labute approximate surface area is 87.1 Å². The van der Waals surface area contributed by atoms with Crippen molar-refractivity contribution < 1.29 is 4.79 Å². The fourth-order valence-corrected chi connectivity index (χ4v) is 2.42. The van der Waals surface area contributed by atoms with Gasteiger partial charge in [-0.05, 0) is 19.9 Å². The molecule has 0 N–H and O–H groups in total. The van der Waals surface area contributed by atoms with Gasteiger partial charge in [0.1, 0.15) is 0 Å². The lowest BCUT2D eigenvalue weighted by atomic mass is 9.91. The molecule has 3 heterocycles. The van der Waals surface area contributed by atoms with Crippen molar-refractivity contribution in [1.29, 1.82) is 0 Å². The van der Waals surface area contributed by atoms with Gasteiger partial charge in [0.2, 0.25) is 5.91 Å². The van der Waals surface area contributed by atoms with E-state index in [4.69, 9.17) is 0 Å². The Morgan fingerprint density at radius 2 is 1.71 bits per heavy atom. The van der Waals surface area contributed by atoms with E-state index >= 15 is 0 Å². The predicted octanol–water partition coefficient (Wildman–Crippen LogP) is 1.34. The van der Waals surface area contributed by atoms with E-state index in [-0.39, 0.29) is 5.91 Å². The summed E-state index contributed by atoms with van der Waals surface area (Å²) < 4.78 is 0. The number of hydrogen-bond acceptors (Lipinski definition) is 2. The molecule has 0 aliphatic carbocycles. The molecule has 14 heavy (non-hydrogen) atoms. The highest BCUT2D eigenvalue weighted by molar-refractivity contribution is 5.74. The zero-order chi connectivity index (χ0) is 10.7. The molecule has 2 unspecified atom stereocenters. The predicted molar refractivity (Wildman–Crippen MR) is 58.2 cm³/mol. The van der Waals surface area contributed by atoms with Crippen molar-refractivity contribution in [2.75, 3.05) is 20.1 Å². The highest BCUT2D eigenvalue weighted by Gasteiger charge is 2.37. The third-order valence-corrected chi connectivity index (χ3v) is 3.21. The maximum absolute atomic E-state index is 11.2. The van der Waals surface area contributed by atoms with Gasteiger partial charge in [0, 0.05) is 32.1 Å². The summed E-state index contributed by atoms with van der Waals surface area (Å²) in [5.41, 5.74) is 0. The minimum absolute atomic E-state index is 0.248. The second-order valence-electron chi connectivity index (χ2n) is 4.00. The molecule has 2 bridgehead atoms. The van der Waals surface area contributed by atoms with Crippen molar-refractivity contribution in [3.05, 3.63) is 0 Å². The van der Waals surface area contributed by atoms with E-state index in [1.165, 1.54) is 12.8 Å². The van der Waals surface area contributed by atoms with Crippen molar-refractivity contribution in [3.63, 3.8) is 0 Å². The second kappa shape index (κ2) is 4.78. The van der Waals surface area contributed by atoms with Gasteiger partial charge in [-0.2, -0.15) is 0 Å². The maximum Gasteiger partial charge on any atom is 0.219 e. The first-order valence-electron chi connectivity index (χ1n) is 5.66. The van der Waals surface area contributed by atoms with E-state index in [2.05, 4.69) is 11.9 Å². The van der Waals surface area contributed by atoms with Gasteiger partial charge in [0.15, 0.2) is 0 Å². The van der Waals surface area contributed by atoms with Crippen molar-refractivity contribution >= 4 is 5.91 Å². The molecule has 3 nitrogen and oxygen atoms in total. The highest BCUT2D eigenvalue weighted by Crippen LogP contribution is 2.27. The number of carbonyl (C=O) groups is 1. The molecular weight excluding hydrogens is 176 g/mol. The first-order valence-corrected chi connectivity index (χ1v) is 5.66. The van der Waals surface area contributed by atoms with Gasteiger partial charge < -0.3 is 4.90 Å². The lowest BCUT2D eigenvalue weighted by Crippen LogP contribution is -2.62. The Hall–Kier alpha value is -0.570. The van der Waals surface area contributed by atoms with Gasteiger partial charge >= 0.3 is 0 Å². The Balaban J connectivity index is 0.000000461. The molecule has 3 heteroatoms. The summed E-state index contributed by atoms with van der Waals surface area (Å²) in [7, 11) is 2.16. The molecule has 3 aliphatic heterocycles. The second-order valence-corrected chi connectivity index (χ2v) is 4.00. The summed E-state index contributed by atoms with van der Waals surface area (Å²) in [5.74, 6) is 0.248. The van der Waals surface area contributed by atoms with Crippen LogP contribution in [-0.4, -0.2) is 47.9 Å². The molecule has 2 atom stereocenters. The number of carbonyl (C=O) groups excluding carboxylic acids is 1. The van der Waals surface area contributed by atoms with Gasteiger partial charge in [-0.3, -0.25) is 9.69 Å². The minimum Gasteiger partial charge on any atom is -0.337 e. The van der Waals surface area contributed by atoms with Crippen LogP contribution >= 0.6 is 0 Å². The van der Waals surface area contributed by atoms with Gasteiger partial charge in [-0.25, -0.2) is 0 Å².